The van der Waals surface area contributed by atoms with Gasteiger partial charge in [-0.05, 0) is 44.0 Å². The Morgan fingerprint density at radius 1 is 1.13 bits per heavy atom. The Bertz CT molecular complexity index is 1260. The van der Waals surface area contributed by atoms with Crippen molar-refractivity contribution in [2.75, 3.05) is 20.1 Å². The molecule has 0 saturated carbocycles. The van der Waals surface area contributed by atoms with Crippen molar-refractivity contribution >= 4 is 27.0 Å². The van der Waals surface area contributed by atoms with E-state index in [0.717, 1.165) is 18.6 Å². The molecule has 3 heterocycles. The van der Waals surface area contributed by atoms with E-state index in [1.807, 2.05) is 19.1 Å². The molecule has 1 saturated heterocycles. The minimum Gasteiger partial charge on any atom is -0.464 e. The first-order chi connectivity index (χ1) is 14.8. The Morgan fingerprint density at radius 2 is 1.87 bits per heavy atom. The monoisotopic (exact) mass is 447 g/mol. The van der Waals surface area contributed by atoms with Crippen LogP contribution in [0.4, 0.5) is 0 Å². The van der Waals surface area contributed by atoms with Crippen LogP contribution >= 0.6 is 0 Å². The summed E-state index contributed by atoms with van der Waals surface area (Å²) in [7, 11) is -1.93. The van der Waals surface area contributed by atoms with Crippen LogP contribution < -0.4 is 5.76 Å². The van der Waals surface area contributed by atoms with Gasteiger partial charge in [-0.3, -0.25) is 9.36 Å². The fourth-order valence-corrected chi connectivity index (χ4v) is 5.32. The van der Waals surface area contributed by atoms with Gasteiger partial charge in [0.2, 0.25) is 15.9 Å². The van der Waals surface area contributed by atoms with Gasteiger partial charge in [0.15, 0.2) is 5.58 Å². The van der Waals surface area contributed by atoms with Crippen molar-refractivity contribution in [1.82, 2.24) is 13.8 Å². The average Bonchev–Trinajstić information content (AvgIpc) is 3.46. The third kappa shape index (κ3) is 4.31. The fraction of sp³-hybridized carbons (Fsp3) is 0.429. The van der Waals surface area contributed by atoms with Crippen molar-refractivity contribution in [3.63, 3.8) is 0 Å². The standard InChI is InChI=1S/C21H25N3O6S/c1-15-5-6-16(29-15)14-22(2)20(25)9-12-24-18-8-7-17(13-19(18)30-21(24)26)31(27,28)23-10-3-4-11-23/h5-8,13H,3-4,9-12,14H2,1-2H3. The molecule has 1 aliphatic rings. The number of hydrogen-bond acceptors (Lipinski definition) is 6. The Morgan fingerprint density at radius 3 is 2.55 bits per heavy atom. The molecule has 1 aromatic carbocycles. The van der Waals surface area contributed by atoms with Gasteiger partial charge in [0.05, 0.1) is 17.0 Å². The summed E-state index contributed by atoms with van der Waals surface area (Å²) in [4.78, 5) is 26.4. The number of carbonyl (C=O) groups excluding carboxylic acids is 1. The highest BCUT2D eigenvalue weighted by molar-refractivity contribution is 7.89. The summed E-state index contributed by atoms with van der Waals surface area (Å²) in [5.41, 5.74) is 0.652. The summed E-state index contributed by atoms with van der Waals surface area (Å²) in [6, 6.07) is 8.08. The molecule has 0 N–H and O–H groups in total. The molecule has 0 radical (unpaired) electrons. The Hall–Kier alpha value is -2.85. The number of oxazole rings is 1. The zero-order valence-electron chi connectivity index (χ0n) is 17.5. The number of hydrogen-bond donors (Lipinski definition) is 0. The van der Waals surface area contributed by atoms with Gasteiger partial charge in [0, 0.05) is 39.2 Å². The third-order valence-electron chi connectivity index (χ3n) is 5.51. The normalized spacial score (nSPS) is 15.0. The lowest BCUT2D eigenvalue weighted by Gasteiger charge is -2.16. The second-order valence-electron chi connectivity index (χ2n) is 7.77. The van der Waals surface area contributed by atoms with Gasteiger partial charge in [0.1, 0.15) is 11.5 Å². The molecule has 1 aliphatic heterocycles. The van der Waals surface area contributed by atoms with Gasteiger partial charge < -0.3 is 13.7 Å². The lowest BCUT2D eigenvalue weighted by atomic mass is 10.3. The highest BCUT2D eigenvalue weighted by Crippen LogP contribution is 2.24. The maximum atomic E-state index is 12.8. The van der Waals surface area contributed by atoms with Crippen LogP contribution in [-0.4, -0.2) is 48.2 Å². The maximum absolute atomic E-state index is 12.8. The van der Waals surface area contributed by atoms with E-state index in [4.69, 9.17) is 8.83 Å². The predicted molar refractivity (Wildman–Crippen MR) is 113 cm³/mol. The molecule has 1 amide bonds. The maximum Gasteiger partial charge on any atom is 0.419 e. The van der Waals surface area contributed by atoms with Crippen molar-refractivity contribution in [3.8, 4) is 0 Å². The largest absolute Gasteiger partial charge is 0.464 e. The predicted octanol–water partition coefficient (Wildman–Crippen LogP) is 2.33. The molecular formula is C21H25N3O6S. The highest BCUT2D eigenvalue weighted by Gasteiger charge is 2.28. The van der Waals surface area contributed by atoms with Gasteiger partial charge in [-0.15, -0.1) is 0 Å². The van der Waals surface area contributed by atoms with E-state index in [9.17, 15) is 18.0 Å². The summed E-state index contributed by atoms with van der Waals surface area (Å²) < 4.78 is 39.1. The van der Waals surface area contributed by atoms with E-state index >= 15 is 0 Å². The van der Waals surface area contributed by atoms with Crippen molar-refractivity contribution in [3.05, 3.63) is 52.4 Å². The third-order valence-corrected chi connectivity index (χ3v) is 7.40. The first-order valence-electron chi connectivity index (χ1n) is 10.2. The summed E-state index contributed by atoms with van der Waals surface area (Å²) in [5, 5.41) is 0. The minimum absolute atomic E-state index is 0.0958. The van der Waals surface area contributed by atoms with Gasteiger partial charge in [0.25, 0.3) is 0 Å². The first-order valence-corrected chi connectivity index (χ1v) is 11.6. The van der Waals surface area contributed by atoms with Gasteiger partial charge in [-0.25, -0.2) is 13.2 Å². The molecule has 1 fully saturated rings. The molecule has 31 heavy (non-hydrogen) atoms. The van der Waals surface area contributed by atoms with E-state index < -0.39 is 15.8 Å². The van der Waals surface area contributed by atoms with Crippen molar-refractivity contribution < 1.29 is 22.0 Å². The lowest BCUT2D eigenvalue weighted by molar-refractivity contribution is -0.130. The number of aryl methyl sites for hydroxylation is 2. The zero-order valence-corrected chi connectivity index (χ0v) is 18.4. The first kappa shape index (κ1) is 21.4. The minimum atomic E-state index is -3.61. The Labute approximate surface area is 179 Å². The number of nitrogens with zero attached hydrogens (tertiary/aromatic N) is 3. The second kappa shape index (κ2) is 8.35. The fourth-order valence-electron chi connectivity index (χ4n) is 3.79. The molecule has 4 rings (SSSR count). The molecule has 166 valence electrons. The molecule has 0 bridgehead atoms. The van der Waals surface area contributed by atoms with Gasteiger partial charge in [-0.1, -0.05) is 0 Å². The van der Waals surface area contributed by atoms with Crippen LogP contribution in [-0.2, 0) is 27.9 Å². The molecule has 0 unspecified atom stereocenters. The number of benzene rings is 1. The lowest BCUT2D eigenvalue weighted by Crippen LogP contribution is -2.28. The van der Waals surface area contributed by atoms with Crippen LogP contribution in [0.2, 0.25) is 0 Å². The second-order valence-corrected chi connectivity index (χ2v) is 9.71. The van der Waals surface area contributed by atoms with Gasteiger partial charge >= 0.3 is 5.76 Å². The number of fused-ring (bicyclic) bond motifs is 1. The molecule has 0 atom stereocenters. The van der Waals surface area contributed by atoms with Crippen molar-refractivity contribution in [2.24, 2.45) is 0 Å². The number of carbonyl (C=O) groups is 1. The average molecular weight is 448 g/mol. The molecular weight excluding hydrogens is 422 g/mol. The van der Waals surface area contributed by atoms with E-state index in [2.05, 4.69) is 0 Å². The Kier molecular flexibility index (Phi) is 5.76. The number of aromatic nitrogens is 1. The van der Waals surface area contributed by atoms with E-state index in [0.29, 0.717) is 30.9 Å². The topological polar surface area (TPSA) is 106 Å². The summed E-state index contributed by atoms with van der Waals surface area (Å²) in [6.07, 6.45) is 1.78. The van der Waals surface area contributed by atoms with E-state index in [1.165, 1.54) is 25.9 Å². The van der Waals surface area contributed by atoms with Crippen LogP contribution in [0.25, 0.3) is 11.1 Å². The molecule has 0 spiro atoms. The number of amides is 1. The molecule has 10 heteroatoms. The molecule has 2 aromatic heterocycles. The molecule has 3 aromatic rings. The van der Waals surface area contributed by atoms with Crippen molar-refractivity contribution in [1.29, 1.82) is 0 Å². The van der Waals surface area contributed by atoms with Crippen LogP contribution in [0.15, 0.2) is 48.9 Å². The smallest absolute Gasteiger partial charge is 0.419 e. The van der Waals surface area contributed by atoms with Crippen LogP contribution in [0.5, 0.6) is 0 Å². The van der Waals surface area contributed by atoms with E-state index in [1.54, 1.807) is 13.1 Å². The highest BCUT2D eigenvalue weighted by atomic mass is 32.2. The summed E-state index contributed by atoms with van der Waals surface area (Å²) in [6.45, 7) is 3.30. The Balaban J connectivity index is 1.48. The SMILES string of the molecule is Cc1ccc(CN(C)C(=O)CCn2c(=O)oc3cc(S(=O)(=O)N4CCCC4)ccc32)o1. The quantitative estimate of drug-likeness (QED) is 0.550. The van der Waals surface area contributed by atoms with Gasteiger partial charge in [-0.2, -0.15) is 4.31 Å². The van der Waals surface area contributed by atoms with E-state index in [-0.39, 0.29) is 29.4 Å². The summed E-state index contributed by atoms with van der Waals surface area (Å²) in [5.74, 6) is 0.691. The molecule has 0 aliphatic carbocycles. The number of sulfonamides is 1. The zero-order chi connectivity index (χ0) is 22.2. The molecule has 9 nitrogen and oxygen atoms in total. The number of rotatable bonds is 7. The van der Waals surface area contributed by atoms with Crippen LogP contribution in [0, 0.1) is 6.92 Å². The van der Waals surface area contributed by atoms with Crippen LogP contribution in [0.3, 0.4) is 0 Å². The van der Waals surface area contributed by atoms with Crippen molar-refractivity contribution in [2.45, 2.75) is 44.2 Å². The van der Waals surface area contributed by atoms with Crippen LogP contribution in [0.1, 0.15) is 30.8 Å². The summed E-state index contributed by atoms with van der Waals surface area (Å²) >= 11 is 0. The number of furan rings is 1.